The molecule has 17 nitrogen and oxygen atoms in total. The molecule has 1 aliphatic carbocycles. The van der Waals surface area contributed by atoms with Crippen LogP contribution in [0.5, 0.6) is 23.0 Å². The maximum atomic E-state index is 15.3. The van der Waals surface area contributed by atoms with Gasteiger partial charge in [0.15, 0.2) is 23.0 Å². The zero-order chi connectivity index (χ0) is 46.0. The molecule has 1 saturated heterocycles. The number of imide groups is 1. The van der Waals surface area contributed by atoms with Gasteiger partial charge >= 0.3 is 11.4 Å². The lowest BCUT2D eigenvalue weighted by Gasteiger charge is -2.47. The Morgan fingerprint density at radius 3 is 2.42 bits per heavy atom. The highest BCUT2D eigenvalue weighted by atomic mass is 35.5. The first-order valence-corrected chi connectivity index (χ1v) is 22.0. The summed E-state index contributed by atoms with van der Waals surface area (Å²) in [6.07, 6.45) is 1.75. The van der Waals surface area contributed by atoms with E-state index in [1.54, 1.807) is 57.4 Å². The van der Waals surface area contributed by atoms with E-state index in [9.17, 15) is 19.5 Å². The van der Waals surface area contributed by atoms with Gasteiger partial charge < -0.3 is 23.9 Å². The molecule has 1 saturated carbocycles. The van der Waals surface area contributed by atoms with Crippen molar-refractivity contribution in [2.45, 2.75) is 51.7 Å². The number of amides is 2. The van der Waals surface area contributed by atoms with Crippen molar-refractivity contribution in [3.63, 3.8) is 0 Å². The maximum Gasteiger partial charge on any atom is 0.347 e. The molecule has 19 heteroatoms. The van der Waals surface area contributed by atoms with E-state index in [0.29, 0.717) is 44.4 Å². The molecule has 0 bridgehead atoms. The number of carbonyl (C=O) groups excluding carboxylic acids is 2. The fraction of sp³-hybridized carbons (Fsp3) is 0.326. The first-order valence-electron chi connectivity index (χ1n) is 20.8. The van der Waals surface area contributed by atoms with Crippen molar-refractivity contribution in [1.29, 1.82) is 0 Å². The largest absolute Gasteiger partial charge is 0.504 e. The second-order valence-electron chi connectivity index (χ2n) is 16.8. The number of rotatable bonds is 9. The molecule has 6 heterocycles. The van der Waals surface area contributed by atoms with Crippen molar-refractivity contribution in [2.24, 2.45) is 25.4 Å². The summed E-state index contributed by atoms with van der Waals surface area (Å²) in [4.78, 5) is 79.3. The van der Waals surface area contributed by atoms with Gasteiger partial charge in [-0.3, -0.25) is 19.1 Å². The molecule has 4 aromatic heterocycles. The van der Waals surface area contributed by atoms with Crippen LogP contribution < -0.4 is 36.0 Å². The Balaban J connectivity index is 1.05. The van der Waals surface area contributed by atoms with E-state index < -0.39 is 52.0 Å². The molecule has 334 valence electrons. The number of methoxy groups -OCH3 is 3. The number of halogens is 1. The summed E-state index contributed by atoms with van der Waals surface area (Å²) in [5.41, 5.74) is 0.410. The lowest BCUT2D eigenvalue weighted by atomic mass is 9.56. The van der Waals surface area contributed by atoms with Crippen LogP contribution in [0.15, 0.2) is 80.6 Å². The van der Waals surface area contributed by atoms with Crippen LogP contribution >= 0.6 is 22.9 Å². The number of hydrogen-bond acceptors (Lipinski definition) is 12. The van der Waals surface area contributed by atoms with Crippen molar-refractivity contribution in [3.05, 3.63) is 119 Å². The van der Waals surface area contributed by atoms with E-state index in [1.165, 1.54) is 56.2 Å². The SMILES string of the molecule is COc1cc2nc(CCn3c(=O)n4n(c3=O)C3CC5C(=O)N(c6cc(-c7sc8ccc(Cl)cc8c7C)nn6C)C(=O)C5(C)C(c5cccc(OC)c5O)C3=CC4)c(=O)n(C)c2cc1OC. The van der Waals surface area contributed by atoms with Gasteiger partial charge in [0.25, 0.3) is 5.56 Å². The predicted molar refractivity (Wildman–Crippen MR) is 244 cm³/mol. The normalized spacial score (nSPS) is 20.3. The quantitative estimate of drug-likeness (QED) is 0.143. The Bertz CT molecular complexity index is 3430. The van der Waals surface area contributed by atoms with Crippen molar-refractivity contribution in [2.75, 3.05) is 26.2 Å². The zero-order valence-electron chi connectivity index (χ0n) is 36.4. The van der Waals surface area contributed by atoms with Gasteiger partial charge in [-0.25, -0.2) is 33.4 Å². The van der Waals surface area contributed by atoms with E-state index in [1.807, 2.05) is 31.2 Å². The molecule has 1 N–H and O–H groups in total. The number of allylic oxidation sites excluding steroid dienone is 2. The van der Waals surface area contributed by atoms with Gasteiger partial charge in [-0.1, -0.05) is 29.8 Å². The number of phenols is 1. The molecule has 2 fully saturated rings. The number of carbonyl (C=O) groups is 2. The minimum Gasteiger partial charge on any atom is -0.504 e. The van der Waals surface area contributed by atoms with Gasteiger partial charge in [0.05, 0.1) is 61.2 Å². The Kier molecular flexibility index (Phi) is 9.76. The molecule has 0 radical (unpaired) electrons. The van der Waals surface area contributed by atoms with Gasteiger partial charge in [0.1, 0.15) is 17.2 Å². The molecule has 4 atom stereocenters. The number of phenolic OH excluding ortho intramolecular Hbond substituents is 1. The Labute approximate surface area is 378 Å². The Morgan fingerprint density at radius 1 is 0.938 bits per heavy atom. The molecule has 0 spiro atoms. The molecule has 10 rings (SSSR count). The van der Waals surface area contributed by atoms with E-state index in [0.717, 1.165) is 25.1 Å². The number of ether oxygens (including phenoxy) is 3. The van der Waals surface area contributed by atoms with Crippen LogP contribution in [-0.4, -0.2) is 71.5 Å². The third-order valence-electron chi connectivity index (χ3n) is 13.6. The van der Waals surface area contributed by atoms with Gasteiger partial charge in [-0.15, -0.1) is 11.3 Å². The fourth-order valence-electron chi connectivity index (χ4n) is 10.3. The minimum absolute atomic E-state index is 0.00699. The van der Waals surface area contributed by atoms with Crippen molar-refractivity contribution >= 4 is 61.7 Å². The monoisotopic (exact) mass is 918 g/mol. The molecule has 3 aromatic carbocycles. The standard InChI is InChI=1S/C46H43ClN8O9S/c1-22-26-17-23(47)11-12-36(26)65-40(22)30-20-37(51(4)49-30)54-41(57)27-18-31-24(38(46(27,2)43(54)59)25-9-8-10-33(62-5)39(25)56)13-16-53-44(60)52(45(61)55(31)53)15-14-28-42(58)50(3)32-21-35(64-7)34(63-6)19-29(32)48-28/h8-13,17,19-21,27,31,38,56H,14-16,18H2,1-7H3. The smallest absolute Gasteiger partial charge is 0.347 e. The first kappa shape index (κ1) is 42.1. The number of benzene rings is 3. The van der Waals surface area contributed by atoms with Crippen molar-refractivity contribution in [1.82, 2.24) is 33.3 Å². The first-order chi connectivity index (χ1) is 31.1. The lowest BCUT2D eigenvalue weighted by Crippen LogP contribution is -2.49. The average molecular weight is 919 g/mol. The predicted octanol–water partition coefficient (Wildman–Crippen LogP) is 5.47. The third-order valence-corrected chi connectivity index (χ3v) is 15.1. The molecule has 7 aromatic rings. The molecule has 3 aliphatic rings. The highest BCUT2D eigenvalue weighted by molar-refractivity contribution is 7.22. The number of thiophene rings is 1. The minimum atomic E-state index is -1.47. The molecular formula is C46H43ClN8O9S. The fourth-order valence-corrected chi connectivity index (χ4v) is 11.6. The zero-order valence-corrected chi connectivity index (χ0v) is 38.0. The topological polar surface area (TPSA) is 187 Å². The number of nitrogens with zero attached hydrogens (tertiary/aromatic N) is 8. The summed E-state index contributed by atoms with van der Waals surface area (Å²) in [5.74, 6) is -1.90. The summed E-state index contributed by atoms with van der Waals surface area (Å²) in [7, 11) is 7.69. The van der Waals surface area contributed by atoms with Crippen LogP contribution in [0.25, 0.3) is 31.7 Å². The third kappa shape index (κ3) is 5.99. The van der Waals surface area contributed by atoms with Gasteiger partial charge in [-0.2, -0.15) is 5.10 Å². The molecule has 4 unspecified atom stereocenters. The lowest BCUT2D eigenvalue weighted by molar-refractivity contribution is -0.129. The summed E-state index contributed by atoms with van der Waals surface area (Å²) >= 11 is 7.87. The number of para-hydroxylation sites is 1. The Morgan fingerprint density at radius 2 is 1.68 bits per heavy atom. The van der Waals surface area contributed by atoms with Crippen LogP contribution in [0, 0.1) is 18.3 Å². The van der Waals surface area contributed by atoms with E-state index in [4.69, 9.17) is 30.9 Å². The van der Waals surface area contributed by atoms with Crippen LogP contribution in [0.4, 0.5) is 5.82 Å². The van der Waals surface area contributed by atoms with Crippen LogP contribution in [-0.2, 0) is 43.2 Å². The molecular weight excluding hydrogens is 876 g/mol. The van der Waals surface area contributed by atoms with E-state index in [-0.39, 0.29) is 48.9 Å². The molecule has 2 aliphatic heterocycles. The van der Waals surface area contributed by atoms with Crippen LogP contribution in [0.3, 0.4) is 0 Å². The van der Waals surface area contributed by atoms with Gasteiger partial charge in [0.2, 0.25) is 11.8 Å². The average Bonchev–Trinajstić information content (AvgIpc) is 3.97. The van der Waals surface area contributed by atoms with Crippen molar-refractivity contribution < 1.29 is 28.9 Å². The van der Waals surface area contributed by atoms with Gasteiger partial charge in [-0.05, 0) is 61.1 Å². The number of aromatic nitrogens is 7. The highest BCUT2D eigenvalue weighted by Crippen LogP contribution is 2.62. The summed E-state index contributed by atoms with van der Waals surface area (Å²) < 4.78 is 24.1. The number of fused-ring (bicyclic) bond motifs is 6. The number of aryl methyl sites for hydroxylation is 4. The van der Waals surface area contributed by atoms with E-state index >= 15 is 9.59 Å². The van der Waals surface area contributed by atoms with Crippen LogP contribution in [0.1, 0.15) is 42.1 Å². The summed E-state index contributed by atoms with van der Waals surface area (Å²) in [5, 5.41) is 18.1. The number of aromatic hydroxyl groups is 1. The molecule has 2 amide bonds. The number of anilines is 1. The highest BCUT2D eigenvalue weighted by Gasteiger charge is 2.66. The summed E-state index contributed by atoms with van der Waals surface area (Å²) in [6.45, 7) is 3.50. The number of hydrogen-bond donors (Lipinski definition) is 1. The van der Waals surface area contributed by atoms with Gasteiger partial charge in [0, 0.05) is 66.5 Å². The second kappa shape index (κ2) is 15.1. The molecule has 65 heavy (non-hydrogen) atoms. The second-order valence-corrected chi connectivity index (χ2v) is 18.3. The van der Waals surface area contributed by atoms with Crippen molar-refractivity contribution in [3.8, 4) is 33.6 Å². The summed E-state index contributed by atoms with van der Waals surface area (Å²) in [6, 6.07) is 14.8. The maximum absolute atomic E-state index is 15.3. The Hall–Kier alpha value is -6.92. The van der Waals surface area contributed by atoms with E-state index in [2.05, 4.69) is 4.98 Å². The van der Waals surface area contributed by atoms with Crippen LogP contribution in [0.2, 0.25) is 5.02 Å².